The minimum absolute atomic E-state index is 0.0974. The fourth-order valence-corrected chi connectivity index (χ4v) is 1.58. The van der Waals surface area contributed by atoms with E-state index in [0.717, 1.165) is 5.56 Å². The zero-order valence-corrected chi connectivity index (χ0v) is 9.80. The van der Waals surface area contributed by atoms with Gasteiger partial charge in [-0.05, 0) is 13.0 Å². The van der Waals surface area contributed by atoms with Crippen molar-refractivity contribution in [3.05, 3.63) is 45.6 Å². The van der Waals surface area contributed by atoms with Crippen molar-refractivity contribution in [3.8, 4) is 0 Å². The SMILES string of the molecule is Cc1ccc(NCc2cn[nH]c2N)cc1[N+](=O)[O-]. The number of aromatic amines is 1. The van der Waals surface area contributed by atoms with Crippen molar-refractivity contribution in [2.24, 2.45) is 0 Å². The number of nitro groups is 1. The normalized spacial score (nSPS) is 10.3. The molecule has 0 aliphatic rings. The van der Waals surface area contributed by atoms with Crippen LogP contribution < -0.4 is 11.1 Å². The Morgan fingerprint density at radius 2 is 2.33 bits per heavy atom. The topological polar surface area (TPSA) is 110 Å². The number of nitrogens with one attached hydrogen (secondary N) is 2. The monoisotopic (exact) mass is 247 g/mol. The number of nitro benzene ring substituents is 1. The molecule has 7 nitrogen and oxygen atoms in total. The Hall–Kier alpha value is -2.57. The van der Waals surface area contributed by atoms with E-state index in [1.54, 1.807) is 25.3 Å². The van der Waals surface area contributed by atoms with Gasteiger partial charge >= 0.3 is 0 Å². The van der Waals surface area contributed by atoms with E-state index in [0.29, 0.717) is 23.6 Å². The Bertz CT molecular complexity index is 579. The van der Waals surface area contributed by atoms with Crippen molar-refractivity contribution in [1.82, 2.24) is 10.2 Å². The maximum atomic E-state index is 10.8. The number of benzene rings is 1. The molecule has 0 atom stereocenters. The molecule has 0 aliphatic carbocycles. The van der Waals surface area contributed by atoms with E-state index in [4.69, 9.17) is 5.73 Å². The van der Waals surface area contributed by atoms with Crippen molar-refractivity contribution in [2.75, 3.05) is 11.1 Å². The van der Waals surface area contributed by atoms with Crippen molar-refractivity contribution in [3.63, 3.8) is 0 Å². The van der Waals surface area contributed by atoms with Crippen LogP contribution in [-0.4, -0.2) is 15.1 Å². The van der Waals surface area contributed by atoms with Gasteiger partial charge in [-0.1, -0.05) is 6.07 Å². The van der Waals surface area contributed by atoms with Crippen LogP contribution in [0, 0.1) is 17.0 Å². The molecule has 0 saturated carbocycles. The molecule has 0 unspecified atom stereocenters. The molecule has 1 heterocycles. The highest BCUT2D eigenvalue weighted by atomic mass is 16.6. The third-order valence-corrected chi connectivity index (χ3v) is 2.64. The summed E-state index contributed by atoms with van der Waals surface area (Å²) in [6.07, 6.45) is 1.62. The Morgan fingerprint density at radius 1 is 1.56 bits per heavy atom. The molecular weight excluding hydrogens is 234 g/mol. The van der Waals surface area contributed by atoms with Gasteiger partial charge in [-0.2, -0.15) is 5.10 Å². The van der Waals surface area contributed by atoms with E-state index in [2.05, 4.69) is 15.5 Å². The molecule has 4 N–H and O–H groups in total. The average molecular weight is 247 g/mol. The number of anilines is 2. The number of H-pyrrole nitrogens is 1. The number of hydrogen-bond donors (Lipinski definition) is 3. The summed E-state index contributed by atoms with van der Waals surface area (Å²) in [7, 11) is 0. The number of nitrogens with two attached hydrogens (primary N) is 1. The fourth-order valence-electron chi connectivity index (χ4n) is 1.58. The van der Waals surface area contributed by atoms with Gasteiger partial charge in [-0.3, -0.25) is 15.2 Å². The molecule has 1 aromatic carbocycles. The maximum absolute atomic E-state index is 10.8. The molecule has 18 heavy (non-hydrogen) atoms. The largest absolute Gasteiger partial charge is 0.384 e. The summed E-state index contributed by atoms with van der Waals surface area (Å²) in [4.78, 5) is 10.4. The predicted octanol–water partition coefficient (Wildman–Crippen LogP) is 1.82. The first-order valence-corrected chi connectivity index (χ1v) is 5.34. The molecule has 2 rings (SSSR count). The standard InChI is InChI=1S/C11H13N5O2/c1-7-2-3-9(4-10(7)16(17)18)13-5-8-6-14-15-11(8)12/h2-4,6,13H,5H2,1H3,(H3,12,14,15). The van der Waals surface area contributed by atoms with Crippen LogP contribution in [0.3, 0.4) is 0 Å². The van der Waals surface area contributed by atoms with E-state index < -0.39 is 4.92 Å². The van der Waals surface area contributed by atoms with Crippen molar-refractivity contribution in [2.45, 2.75) is 13.5 Å². The zero-order chi connectivity index (χ0) is 13.1. The van der Waals surface area contributed by atoms with Crippen molar-refractivity contribution < 1.29 is 4.92 Å². The van der Waals surface area contributed by atoms with Crippen molar-refractivity contribution >= 4 is 17.2 Å². The smallest absolute Gasteiger partial charge is 0.274 e. The lowest BCUT2D eigenvalue weighted by atomic mass is 10.2. The molecule has 0 fully saturated rings. The van der Waals surface area contributed by atoms with E-state index in [9.17, 15) is 10.1 Å². The maximum Gasteiger partial charge on any atom is 0.274 e. The molecule has 0 saturated heterocycles. The Morgan fingerprint density at radius 3 is 2.94 bits per heavy atom. The molecular formula is C11H13N5O2. The van der Waals surface area contributed by atoms with Gasteiger partial charge in [-0.15, -0.1) is 0 Å². The van der Waals surface area contributed by atoms with Gasteiger partial charge in [0.1, 0.15) is 5.82 Å². The van der Waals surface area contributed by atoms with Gasteiger partial charge < -0.3 is 11.1 Å². The van der Waals surface area contributed by atoms with Gasteiger partial charge in [0.25, 0.3) is 5.69 Å². The van der Waals surface area contributed by atoms with Gasteiger partial charge in [0.05, 0.1) is 11.1 Å². The zero-order valence-electron chi connectivity index (χ0n) is 9.80. The second kappa shape index (κ2) is 4.74. The highest BCUT2D eigenvalue weighted by Gasteiger charge is 2.11. The molecule has 0 radical (unpaired) electrons. The molecule has 1 aromatic heterocycles. The van der Waals surface area contributed by atoms with E-state index in [1.165, 1.54) is 6.07 Å². The Kier molecular flexibility index (Phi) is 3.13. The number of hydrogen-bond acceptors (Lipinski definition) is 5. The van der Waals surface area contributed by atoms with Gasteiger partial charge in [-0.25, -0.2) is 0 Å². The molecule has 94 valence electrons. The summed E-state index contributed by atoms with van der Waals surface area (Å²) >= 11 is 0. The van der Waals surface area contributed by atoms with Crippen molar-refractivity contribution in [1.29, 1.82) is 0 Å². The molecule has 0 amide bonds. The second-order valence-electron chi connectivity index (χ2n) is 3.92. The highest BCUT2D eigenvalue weighted by molar-refractivity contribution is 5.55. The first-order valence-electron chi connectivity index (χ1n) is 5.34. The van der Waals surface area contributed by atoms with Crippen LogP contribution in [0.25, 0.3) is 0 Å². The van der Waals surface area contributed by atoms with Crippen LogP contribution in [0.2, 0.25) is 0 Å². The van der Waals surface area contributed by atoms with Crippen LogP contribution in [-0.2, 0) is 6.54 Å². The molecule has 2 aromatic rings. The van der Waals surface area contributed by atoms with Crippen LogP contribution in [0.15, 0.2) is 24.4 Å². The summed E-state index contributed by atoms with van der Waals surface area (Å²) in [5.74, 6) is 0.490. The molecule has 0 spiro atoms. The van der Waals surface area contributed by atoms with E-state index >= 15 is 0 Å². The lowest BCUT2D eigenvalue weighted by molar-refractivity contribution is -0.385. The first-order chi connectivity index (χ1) is 8.58. The fraction of sp³-hybridized carbons (Fsp3) is 0.182. The number of nitrogens with zero attached hydrogens (tertiary/aromatic N) is 2. The highest BCUT2D eigenvalue weighted by Crippen LogP contribution is 2.22. The number of aromatic nitrogens is 2. The Labute approximate surface area is 103 Å². The van der Waals surface area contributed by atoms with Gasteiger partial charge in [0, 0.05) is 29.4 Å². The first kappa shape index (κ1) is 11.9. The lowest BCUT2D eigenvalue weighted by Crippen LogP contribution is -2.02. The summed E-state index contributed by atoms with van der Waals surface area (Å²) < 4.78 is 0. The van der Waals surface area contributed by atoms with Crippen LogP contribution >= 0.6 is 0 Å². The third kappa shape index (κ3) is 2.40. The number of aryl methyl sites for hydroxylation is 1. The van der Waals surface area contributed by atoms with E-state index in [1.807, 2.05) is 0 Å². The molecule has 7 heteroatoms. The number of rotatable bonds is 4. The predicted molar refractivity (Wildman–Crippen MR) is 68.2 cm³/mol. The summed E-state index contributed by atoms with van der Waals surface area (Å²) in [5, 5.41) is 20.3. The minimum atomic E-state index is -0.396. The number of nitrogen functional groups attached to an aromatic ring is 1. The van der Waals surface area contributed by atoms with Crippen LogP contribution in [0.4, 0.5) is 17.2 Å². The average Bonchev–Trinajstić information content (AvgIpc) is 2.73. The minimum Gasteiger partial charge on any atom is -0.384 e. The second-order valence-corrected chi connectivity index (χ2v) is 3.92. The third-order valence-electron chi connectivity index (χ3n) is 2.64. The lowest BCUT2D eigenvalue weighted by Gasteiger charge is -2.06. The summed E-state index contributed by atoms with van der Waals surface area (Å²) in [6.45, 7) is 2.17. The molecule has 0 bridgehead atoms. The summed E-state index contributed by atoms with van der Waals surface area (Å²) in [5.41, 5.74) is 7.86. The molecule has 0 aliphatic heterocycles. The van der Waals surface area contributed by atoms with Gasteiger partial charge in [0.15, 0.2) is 0 Å². The van der Waals surface area contributed by atoms with Gasteiger partial charge in [0.2, 0.25) is 0 Å². The van der Waals surface area contributed by atoms with E-state index in [-0.39, 0.29) is 5.69 Å². The van der Waals surface area contributed by atoms with Crippen LogP contribution in [0.5, 0.6) is 0 Å². The summed E-state index contributed by atoms with van der Waals surface area (Å²) in [6, 6.07) is 5.00. The Balaban J connectivity index is 2.13. The van der Waals surface area contributed by atoms with Crippen LogP contribution in [0.1, 0.15) is 11.1 Å². The quantitative estimate of drug-likeness (QED) is 0.563.